The van der Waals surface area contributed by atoms with Crippen LogP contribution in [0.4, 0.5) is 23.0 Å². The van der Waals surface area contributed by atoms with Crippen molar-refractivity contribution >= 4 is 28.9 Å². The number of ether oxygens (including phenoxy) is 1. The maximum absolute atomic E-state index is 12.2. The highest BCUT2D eigenvalue weighted by atomic mass is 16.5. The van der Waals surface area contributed by atoms with E-state index in [2.05, 4.69) is 32.0 Å². The van der Waals surface area contributed by atoms with Crippen LogP contribution in [-0.2, 0) is 4.79 Å². The van der Waals surface area contributed by atoms with Crippen LogP contribution in [0.2, 0.25) is 0 Å². The highest BCUT2D eigenvalue weighted by molar-refractivity contribution is 5.94. The van der Waals surface area contributed by atoms with Crippen LogP contribution in [0.1, 0.15) is 32.1 Å². The Balaban J connectivity index is 1.61. The van der Waals surface area contributed by atoms with E-state index in [4.69, 9.17) is 21.9 Å². The first kappa shape index (κ1) is 25.3. The van der Waals surface area contributed by atoms with E-state index in [1.165, 1.54) is 12.8 Å². The third-order valence-electron chi connectivity index (χ3n) is 5.44. The number of nitrogen functional groups attached to an aromatic ring is 1. The fourth-order valence-electron chi connectivity index (χ4n) is 3.59. The van der Waals surface area contributed by atoms with Gasteiger partial charge in [0.1, 0.15) is 23.0 Å². The van der Waals surface area contributed by atoms with E-state index in [-0.39, 0.29) is 11.7 Å². The number of aromatic nitrogens is 1. The minimum absolute atomic E-state index is 0.134. The normalized spacial score (nSPS) is 14.9. The maximum atomic E-state index is 12.2. The van der Waals surface area contributed by atoms with Gasteiger partial charge in [-0.25, -0.2) is 4.98 Å². The van der Waals surface area contributed by atoms with Crippen molar-refractivity contribution < 1.29 is 9.53 Å². The van der Waals surface area contributed by atoms with Crippen LogP contribution in [0.5, 0.6) is 5.75 Å². The minimum Gasteiger partial charge on any atom is -0.459 e. The molecule has 0 bridgehead atoms. The van der Waals surface area contributed by atoms with Crippen LogP contribution in [0, 0.1) is 0 Å². The van der Waals surface area contributed by atoms with Crippen LogP contribution >= 0.6 is 0 Å². The fraction of sp³-hybridized carbons (Fsp3) is 0.417. The lowest BCUT2D eigenvalue weighted by Crippen LogP contribution is -2.35. The number of benzene rings is 1. The zero-order valence-corrected chi connectivity index (χ0v) is 19.4. The molecule has 34 heavy (non-hydrogen) atoms. The fourth-order valence-corrected chi connectivity index (χ4v) is 3.59. The Morgan fingerprint density at radius 1 is 1.15 bits per heavy atom. The number of carbonyl (C=O) groups excluding carboxylic acids is 1. The summed E-state index contributed by atoms with van der Waals surface area (Å²) in [6.45, 7) is 7.43. The Labute approximate surface area is 200 Å². The molecule has 0 radical (unpaired) electrons. The molecular formula is C24H34N8O2. The molecule has 1 fully saturated rings. The summed E-state index contributed by atoms with van der Waals surface area (Å²) in [7, 11) is 0. The molecule has 1 saturated heterocycles. The van der Waals surface area contributed by atoms with Crippen molar-refractivity contribution in [2.24, 2.45) is 21.7 Å². The van der Waals surface area contributed by atoms with Crippen LogP contribution in [0.15, 0.2) is 59.0 Å². The maximum Gasteiger partial charge on any atom is 0.242 e. The van der Waals surface area contributed by atoms with E-state index in [0.29, 0.717) is 48.2 Å². The first-order valence-corrected chi connectivity index (χ1v) is 11.6. The van der Waals surface area contributed by atoms with E-state index in [1.807, 2.05) is 18.2 Å². The number of nitrogens with one attached hydrogen (secondary N) is 1. The highest BCUT2D eigenvalue weighted by Gasteiger charge is 2.15. The van der Waals surface area contributed by atoms with E-state index in [1.54, 1.807) is 18.2 Å². The summed E-state index contributed by atoms with van der Waals surface area (Å²) < 4.78 is 5.94. The number of para-hydroxylation sites is 1. The predicted octanol–water partition coefficient (Wildman–Crippen LogP) is 3.46. The number of likely N-dealkylation sites (tertiary alicyclic amines) is 1. The summed E-state index contributed by atoms with van der Waals surface area (Å²) in [5.41, 5.74) is 18.3. The first-order chi connectivity index (χ1) is 16.5. The zero-order valence-electron chi connectivity index (χ0n) is 19.4. The van der Waals surface area contributed by atoms with Gasteiger partial charge in [0.05, 0.1) is 12.6 Å². The van der Waals surface area contributed by atoms with Crippen molar-refractivity contribution in [3.63, 3.8) is 0 Å². The molecular weight excluding hydrogens is 432 g/mol. The van der Waals surface area contributed by atoms with E-state index < -0.39 is 6.04 Å². The third-order valence-corrected chi connectivity index (χ3v) is 5.44. The van der Waals surface area contributed by atoms with Crippen LogP contribution in [0.3, 0.4) is 0 Å². The summed E-state index contributed by atoms with van der Waals surface area (Å²) in [6.07, 6.45) is 4.58. The molecule has 0 aliphatic carbocycles. The molecule has 0 saturated carbocycles. The van der Waals surface area contributed by atoms with E-state index >= 15 is 0 Å². The van der Waals surface area contributed by atoms with Gasteiger partial charge in [-0.3, -0.25) is 9.69 Å². The molecule has 182 valence electrons. The number of anilines is 2. The third kappa shape index (κ3) is 7.62. The Morgan fingerprint density at radius 2 is 1.88 bits per heavy atom. The molecule has 0 spiro atoms. The predicted molar refractivity (Wildman–Crippen MR) is 134 cm³/mol. The van der Waals surface area contributed by atoms with Gasteiger partial charge in [-0.05, 0) is 69.6 Å². The smallest absolute Gasteiger partial charge is 0.242 e. The van der Waals surface area contributed by atoms with Crippen LogP contribution in [-0.4, -0.2) is 48.0 Å². The molecule has 3 rings (SSSR count). The number of rotatable bonds is 12. The molecule has 1 atom stereocenters. The van der Waals surface area contributed by atoms with Gasteiger partial charge in [-0.2, -0.15) is 0 Å². The summed E-state index contributed by atoms with van der Waals surface area (Å²) in [6, 6.07) is 9.94. The van der Waals surface area contributed by atoms with Gasteiger partial charge in [0.25, 0.3) is 0 Å². The number of hydrogen-bond acceptors (Lipinski definition) is 9. The molecule has 0 unspecified atom stereocenters. The first-order valence-electron chi connectivity index (χ1n) is 11.6. The standard InChI is InChI=1S/C24H34N8O2/c1-17(16-32-14-6-7-15-32)34-21-10-3-2-9-19(21)30-31-20-11-12-22(28-23(20)27)29-24(33)18(26)8-4-5-13-25/h2-3,9-12,18H,1,4-8,13-16,25-26H2,(H3,27,28,29,33)/b31-30+/t18-/m0/s1. The Bertz CT molecular complexity index is 1000. The summed E-state index contributed by atoms with van der Waals surface area (Å²) >= 11 is 0. The average Bonchev–Trinajstić information content (AvgIpc) is 3.32. The largest absolute Gasteiger partial charge is 0.459 e. The number of amides is 1. The van der Waals surface area contributed by atoms with E-state index in [0.717, 1.165) is 25.9 Å². The van der Waals surface area contributed by atoms with Crippen LogP contribution in [0.25, 0.3) is 0 Å². The molecule has 7 N–H and O–H groups in total. The number of unbranched alkanes of at least 4 members (excludes halogenated alkanes) is 1. The second kappa shape index (κ2) is 12.8. The second-order valence-electron chi connectivity index (χ2n) is 8.27. The Kier molecular flexibility index (Phi) is 9.51. The number of nitrogens with zero attached hydrogens (tertiary/aromatic N) is 4. The van der Waals surface area contributed by atoms with Crippen LogP contribution < -0.4 is 27.3 Å². The zero-order chi connectivity index (χ0) is 24.3. The van der Waals surface area contributed by atoms with Gasteiger partial charge in [-0.15, -0.1) is 10.2 Å². The highest BCUT2D eigenvalue weighted by Crippen LogP contribution is 2.31. The number of azo groups is 1. The van der Waals surface area contributed by atoms with Gasteiger partial charge < -0.3 is 27.3 Å². The lowest BCUT2D eigenvalue weighted by molar-refractivity contribution is -0.117. The van der Waals surface area contributed by atoms with E-state index in [9.17, 15) is 4.79 Å². The van der Waals surface area contributed by atoms with Crippen molar-refractivity contribution in [3.05, 3.63) is 48.7 Å². The lowest BCUT2D eigenvalue weighted by atomic mass is 10.1. The quantitative estimate of drug-likeness (QED) is 0.212. The molecule has 1 amide bonds. The Hall–Kier alpha value is -3.34. The van der Waals surface area contributed by atoms with Gasteiger partial charge >= 0.3 is 0 Å². The number of hydrogen-bond donors (Lipinski definition) is 4. The molecule has 2 heterocycles. The molecule has 1 aliphatic rings. The van der Waals surface area contributed by atoms with Gasteiger partial charge in [0, 0.05) is 0 Å². The summed E-state index contributed by atoms with van der Waals surface area (Å²) in [5.74, 6) is 1.34. The Morgan fingerprint density at radius 3 is 2.62 bits per heavy atom. The minimum atomic E-state index is -0.634. The SMILES string of the molecule is C=C(CN1CCCC1)Oc1ccccc1/N=N/c1ccc(NC(=O)[C@@H](N)CCCCN)nc1N. The average molecular weight is 467 g/mol. The van der Waals surface area contributed by atoms with Gasteiger partial charge in [0.2, 0.25) is 5.91 Å². The van der Waals surface area contributed by atoms with Crippen molar-refractivity contribution in [2.75, 3.05) is 37.2 Å². The van der Waals surface area contributed by atoms with Crippen molar-refractivity contribution in [2.45, 2.75) is 38.1 Å². The molecule has 2 aromatic rings. The van der Waals surface area contributed by atoms with Gasteiger partial charge in [0.15, 0.2) is 11.6 Å². The summed E-state index contributed by atoms with van der Waals surface area (Å²) in [5, 5.41) is 11.2. The number of nitrogens with two attached hydrogens (primary N) is 3. The molecule has 1 aromatic heterocycles. The van der Waals surface area contributed by atoms with Crippen molar-refractivity contribution in [1.82, 2.24) is 9.88 Å². The van der Waals surface area contributed by atoms with Crippen molar-refractivity contribution in [3.8, 4) is 5.75 Å². The molecule has 1 aromatic carbocycles. The molecule has 10 nitrogen and oxygen atoms in total. The molecule has 1 aliphatic heterocycles. The lowest BCUT2D eigenvalue weighted by Gasteiger charge is -2.17. The number of pyridine rings is 1. The summed E-state index contributed by atoms with van der Waals surface area (Å²) in [4.78, 5) is 18.7. The number of carbonyl (C=O) groups is 1. The topological polar surface area (TPSA) is 157 Å². The second-order valence-corrected chi connectivity index (χ2v) is 8.27. The molecule has 10 heteroatoms. The van der Waals surface area contributed by atoms with Gasteiger partial charge in [-0.1, -0.05) is 25.1 Å². The van der Waals surface area contributed by atoms with Crippen molar-refractivity contribution in [1.29, 1.82) is 0 Å². The monoisotopic (exact) mass is 466 g/mol.